The zero-order chi connectivity index (χ0) is 25.0. The van der Waals surface area contributed by atoms with Gasteiger partial charge in [-0.1, -0.05) is 48.5 Å². The minimum absolute atomic E-state index is 0.0660. The van der Waals surface area contributed by atoms with Gasteiger partial charge in [0.25, 0.3) is 15.9 Å². The molecule has 4 aromatic rings. The van der Waals surface area contributed by atoms with Crippen molar-refractivity contribution in [1.29, 1.82) is 0 Å². The van der Waals surface area contributed by atoms with Gasteiger partial charge in [0.2, 0.25) is 0 Å². The molecule has 180 valence electrons. The Kier molecular flexibility index (Phi) is 7.07. The summed E-state index contributed by atoms with van der Waals surface area (Å²) in [6, 6.07) is 23.9. The van der Waals surface area contributed by atoms with E-state index in [9.17, 15) is 13.2 Å². The van der Waals surface area contributed by atoms with Crippen LogP contribution >= 0.6 is 0 Å². The molecule has 0 fully saturated rings. The Morgan fingerprint density at radius 3 is 2.34 bits per heavy atom. The van der Waals surface area contributed by atoms with E-state index in [1.807, 2.05) is 62.4 Å². The largest absolute Gasteiger partial charge is 0.491 e. The Morgan fingerprint density at radius 1 is 0.857 bits per heavy atom. The third kappa shape index (κ3) is 5.81. The summed E-state index contributed by atoms with van der Waals surface area (Å²) >= 11 is 0. The third-order valence-corrected chi connectivity index (χ3v) is 7.13. The number of benzene rings is 4. The lowest BCUT2D eigenvalue weighted by atomic mass is 10.1. The van der Waals surface area contributed by atoms with Crippen LogP contribution in [0.25, 0.3) is 10.8 Å². The molecule has 7 heteroatoms. The molecule has 0 spiro atoms. The predicted octanol–water partition coefficient (Wildman–Crippen LogP) is 5.37. The maximum absolute atomic E-state index is 13.1. The monoisotopic (exact) mass is 488 g/mol. The number of nitrogens with one attached hydrogen (secondary N) is 2. The first kappa shape index (κ1) is 24.3. The second-order valence-corrected chi connectivity index (χ2v) is 10.2. The Labute approximate surface area is 206 Å². The SMILES string of the molecule is Cc1cc(C)cc(NS(=O)(=O)c2cc(C(=O)NCCOc3cccc4ccccc34)ccc2C)c1. The molecule has 35 heavy (non-hydrogen) atoms. The summed E-state index contributed by atoms with van der Waals surface area (Å²) in [5.41, 5.74) is 3.22. The van der Waals surface area contributed by atoms with Crippen molar-refractivity contribution in [3.05, 3.63) is 101 Å². The molecule has 0 bridgehead atoms. The van der Waals surface area contributed by atoms with Crippen LogP contribution in [0.3, 0.4) is 0 Å². The van der Waals surface area contributed by atoms with Gasteiger partial charge >= 0.3 is 0 Å². The Balaban J connectivity index is 1.42. The van der Waals surface area contributed by atoms with Crippen molar-refractivity contribution in [3.63, 3.8) is 0 Å². The van der Waals surface area contributed by atoms with Crippen molar-refractivity contribution < 1.29 is 17.9 Å². The zero-order valence-corrected chi connectivity index (χ0v) is 20.8. The summed E-state index contributed by atoms with van der Waals surface area (Å²) in [6.07, 6.45) is 0. The summed E-state index contributed by atoms with van der Waals surface area (Å²) < 4.78 is 34.7. The molecule has 0 saturated carbocycles. The highest BCUT2D eigenvalue weighted by Gasteiger charge is 2.19. The molecule has 4 aromatic carbocycles. The van der Waals surface area contributed by atoms with E-state index in [0.29, 0.717) is 11.3 Å². The molecule has 0 heterocycles. The fourth-order valence-electron chi connectivity index (χ4n) is 4.02. The smallest absolute Gasteiger partial charge is 0.262 e. The number of hydrogen-bond acceptors (Lipinski definition) is 4. The van der Waals surface area contributed by atoms with Crippen molar-refractivity contribution in [2.45, 2.75) is 25.7 Å². The summed E-state index contributed by atoms with van der Waals surface area (Å²) in [5.74, 6) is 0.382. The lowest BCUT2D eigenvalue weighted by Gasteiger charge is -2.13. The number of rotatable bonds is 8. The molecule has 0 unspecified atom stereocenters. The number of sulfonamides is 1. The van der Waals surface area contributed by atoms with Gasteiger partial charge in [-0.2, -0.15) is 0 Å². The van der Waals surface area contributed by atoms with E-state index in [4.69, 9.17) is 4.74 Å². The number of carbonyl (C=O) groups excluding carboxylic acids is 1. The van der Waals surface area contributed by atoms with Crippen molar-refractivity contribution in [1.82, 2.24) is 5.32 Å². The first-order valence-electron chi connectivity index (χ1n) is 11.3. The molecule has 0 aliphatic rings. The highest BCUT2D eigenvalue weighted by Crippen LogP contribution is 2.25. The van der Waals surface area contributed by atoms with Crippen LogP contribution in [-0.2, 0) is 10.0 Å². The van der Waals surface area contributed by atoms with E-state index in [0.717, 1.165) is 27.6 Å². The van der Waals surface area contributed by atoms with E-state index >= 15 is 0 Å². The van der Waals surface area contributed by atoms with Gasteiger partial charge in [-0.3, -0.25) is 9.52 Å². The lowest BCUT2D eigenvalue weighted by Crippen LogP contribution is -2.28. The summed E-state index contributed by atoms with van der Waals surface area (Å²) in [6.45, 7) is 6.08. The maximum Gasteiger partial charge on any atom is 0.262 e. The molecule has 0 saturated heterocycles. The van der Waals surface area contributed by atoms with Gasteiger partial charge < -0.3 is 10.1 Å². The first-order valence-corrected chi connectivity index (χ1v) is 12.8. The maximum atomic E-state index is 13.1. The normalized spacial score (nSPS) is 11.3. The van der Waals surface area contributed by atoms with Crippen LogP contribution in [0.4, 0.5) is 5.69 Å². The number of ether oxygens (including phenoxy) is 1. The number of hydrogen-bond donors (Lipinski definition) is 2. The van der Waals surface area contributed by atoms with E-state index in [1.165, 1.54) is 6.07 Å². The van der Waals surface area contributed by atoms with Crippen LogP contribution < -0.4 is 14.8 Å². The zero-order valence-electron chi connectivity index (χ0n) is 20.0. The van der Waals surface area contributed by atoms with E-state index in [-0.39, 0.29) is 29.5 Å². The fraction of sp³-hybridized carbons (Fsp3) is 0.179. The number of fused-ring (bicyclic) bond motifs is 1. The molecule has 2 N–H and O–H groups in total. The Morgan fingerprint density at radius 2 is 1.57 bits per heavy atom. The lowest BCUT2D eigenvalue weighted by molar-refractivity contribution is 0.0947. The van der Waals surface area contributed by atoms with E-state index in [2.05, 4.69) is 10.0 Å². The van der Waals surface area contributed by atoms with Gasteiger partial charge in [-0.25, -0.2) is 8.42 Å². The van der Waals surface area contributed by atoms with Crippen molar-refractivity contribution >= 4 is 32.4 Å². The minimum atomic E-state index is -3.87. The second kappa shape index (κ2) is 10.2. The van der Waals surface area contributed by atoms with Crippen LogP contribution in [0, 0.1) is 20.8 Å². The average molecular weight is 489 g/mol. The molecule has 1 amide bonds. The van der Waals surface area contributed by atoms with Crippen LogP contribution in [0.5, 0.6) is 5.75 Å². The number of amides is 1. The molecule has 6 nitrogen and oxygen atoms in total. The quantitative estimate of drug-likeness (QED) is 0.326. The van der Waals surface area contributed by atoms with Gasteiger partial charge in [0.15, 0.2) is 0 Å². The second-order valence-electron chi connectivity index (χ2n) is 8.54. The van der Waals surface area contributed by atoms with E-state index in [1.54, 1.807) is 31.2 Å². The van der Waals surface area contributed by atoms with Crippen LogP contribution in [0.15, 0.2) is 83.8 Å². The molecule has 0 aliphatic carbocycles. The van der Waals surface area contributed by atoms with Crippen molar-refractivity contribution in [2.24, 2.45) is 0 Å². The highest BCUT2D eigenvalue weighted by molar-refractivity contribution is 7.92. The molecule has 0 aromatic heterocycles. The van der Waals surface area contributed by atoms with Crippen LogP contribution in [-0.4, -0.2) is 27.5 Å². The number of aryl methyl sites for hydroxylation is 3. The van der Waals surface area contributed by atoms with Gasteiger partial charge in [0, 0.05) is 16.6 Å². The number of carbonyl (C=O) groups is 1. The third-order valence-electron chi connectivity index (χ3n) is 5.61. The molecule has 0 atom stereocenters. The molecule has 4 rings (SSSR count). The molecular formula is C28H28N2O4S. The van der Waals surface area contributed by atoms with E-state index < -0.39 is 10.0 Å². The fourth-order valence-corrected chi connectivity index (χ4v) is 5.34. The minimum Gasteiger partial charge on any atom is -0.491 e. The standard InChI is InChI=1S/C28H28N2O4S/c1-19-15-20(2)17-24(16-19)30-35(32,33)27-18-23(12-11-21(27)3)28(31)29-13-14-34-26-10-6-8-22-7-4-5-9-25(22)26/h4-12,15-18,30H,13-14H2,1-3H3,(H,29,31). The van der Waals surface area contributed by atoms with Crippen LogP contribution in [0.1, 0.15) is 27.0 Å². The van der Waals surface area contributed by atoms with Gasteiger partial charge in [0.05, 0.1) is 11.4 Å². The van der Waals surface area contributed by atoms with Gasteiger partial charge in [-0.15, -0.1) is 0 Å². The summed E-state index contributed by atoms with van der Waals surface area (Å²) in [4.78, 5) is 12.8. The summed E-state index contributed by atoms with van der Waals surface area (Å²) in [7, 11) is -3.87. The highest BCUT2D eigenvalue weighted by atomic mass is 32.2. The Hall–Kier alpha value is -3.84. The average Bonchev–Trinajstić information content (AvgIpc) is 2.81. The number of anilines is 1. The molecule has 0 radical (unpaired) electrons. The topological polar surface area (TPSA) is 84.5 Å². The van der Waals surface area contributed by atoms with Gasteiger partial charge in [0.1, 0.15) is 12.4 Å². The molecule has 0 aliphatic heterocycles. The van der Waals surface area contributed by atoms with Crippen molar-refractivity contribution in [3.8, 4) is 5.75 Å². The first-order chi connectivity index (χ1) is 16.7. The van der Waals surface area contributed by atoms with Crippen molar-refractivity contribution in [2.75, 3.05) is 17.9 Å². The molecular weight excluding hydrogens is 460 g/mol. The summed E-state index contributed by atoms with van der Waals surface area (Å²) in [5, 5.41) is 4.89. The van der Waals surface area contributed by atoms with Crippen LogP contribution in [0.2, 0.25) is 0 Å². The predicted molar refractivity (Wildman–Crippen MR) is 140 cm³/mol. The van der Waals surface area contributed by atoms with Gasteiger partial charge in [-0.05, 0) is 73.2 Å². The Bertz CT molecular complexity index is 1470.